The maximum Gasteiger partial charge on any atom is 0.180 e. The summed E-state index contributed by atoms with van der Waals surface area (Å²) in [6, 6.07) is 7.52. The summed E-state index contributed by atoms with van der Waals surface area (Å²) in [5.41, 5.74) is 2.65. The first kappa shape index (κ1) is 15.7. The molecule has 0 aromatic carbocycles. The number of pyridine rings is 1. The predicted octanol–water partition coefficient (Wildman–Crippen LogP) is 2.14. The van der Waals surface area contributed by atoms with Gasteiger partial charge in [0, 0.05) is 29.8 Å². The van der Waals surface area contributed by atoms with Crippen LogP contribution in [0.15, 0.2) is 42.9 Å². The molecule has 25 heavy (non-hydrogen) atoms. The second-order valence-electron chi connectivity index (χ2n) is 6.35. The second kappa shape index (κ2) is 6.25. The van der Waals surface area contributed by atoms with Gasteiger partial charge in [0.15, 0.2) is 5.82 Å². The summed E-state index contributed by atoms with van der Waals surface area (Å²) in [7, 11) is 0. The average molecular weight is 336 g/mol. The van der Waals surface area contributed by atoms with E-state index in [-0.39, 0.29) is 12.1 Å². The normalized spacial score (nSPS) is 22.4. The Morgan fingerprint density at radius 3 is 2.72 bits per heavy atom. The lowest BCUT2D eigenvalue weighted by atomic mass is 9.83. The highest BCUT2D eigenvalue weighted by molar-refractivity contribution is 5.56. The summed E-state index contributed by atoms with van der Waals surface area (Å²) in [5.74, 6) is 1.38. The van der Waals surface area contributed by atoms with Crippen LogP contribution in [0.1, 0.15) is 23.7 Å². The Labute approximate surface area is 145 Å². The minimum atomic E-state index is -0.407. The Hall–Kier alpha value is -2.80. The Bertz CT molecular complexity index is 865. The first-order valence-electron chi connectivity index (χ1n) is 8.34. The van der Waals surface area contributed by atoms with Crippen LogP contribution < -0.4 is 5.32 Å². The van der Waals surface area contributed by atoms with E-state index in [4.69, 9.17) is 0 Å². The van der Waals surface area contributed by atoms with Crippen molar-refractivity contribution in [2.75, 3.05) is 5.32 Å². The number of aryl methyl sites for hydroxylation is 1. The second-order valence-corrected chi connectivity index (χ2v) is 6.35. The molecule has 0 amide bonds. The minimum Gasteiger partial charge on any atom is -0.391 e. The van der Waals surface area contributed by atoms with Gasteiger partial charge in [-0.1, -0.05) is 6.07 Å². The van der Waals surface area contributed by atoms with Crippen molar-refractivity contribution in [2.45, 2.75) is 38.5 Å². The van der Waals surface area contributed by atoms with Gasteiger partial charge in [0.25, 0.3) is 0 Å². The summed E-state index contributed by atoms with van der Waals surface area (Å²) in [4.78, 5) is 13.6. The van der Waals surface area contributed by atoms with Crippen LogP contribution in [-0.4, -0.2) is 42.0 Å². The number of aromatic nitrogens is 5. The molecule has 1 aliphatic carbocycles. The van der Waals surface area contributed by atoms with E-state index in [1.165, 1.54) is 0 Å². The zero-order valence-corrected chi connectivity index (χ0v) is 14.2. The quantitative estimate of drug-likeness (QED) is 0.759. The summed E-state index contributed by atoms with van der Waals surface area (Å²) in [6.07, 6.45) is 5.58. The first-order valence-corrected chi connectivity index (χ1v) is 8.34. The topological polar surface area (TPSA) is 88.8 Å². The zero-order valence-electron chi connectivity index (χ0n) is 14.2. The molecule has 3 heterocycles. The number of hydrogen-bond acceptors (Lipinski definition) is 6. The standard InChI is InChI=1S/C18H20N6O/c1-11-12(2)21-18(13-6-3-4-7-19-13)23-17(11)22-14-10-15(25)16(14)24-9-5-8-20-24/h3-9,14-16,25H,10H2,1-2H3,(H,21,22,23)/t14-,15+,16+/m0/s1. The maximum atomic E-state index is 10.1. The number of hydrogen-bond donors (Lipinski definition) is 2. The van der Waals surface area contributed by atoms with E-state index in [9.17, 15) is 5.11 Å². The number of nitrogens with zero attached hydrogens (tertiary/aromatic N) is 5. The van der Waals surface area contributed by atoms with Crippen LogP contribution in [0.5, 0.6) is 0 Å². The lowest BCUT2D eigenvalue weighted by Gasteiger charge is -2.42. The van der Waals surface area contributed by atoms with E-state index in [1.807, 2.05) is 44.3 Å². The Kier molecular flexibility index (Phi) is 3.93. The minimum absolute atomic E-state index is 0.0690. The van der Waals surface area contributed by atoms with Gasteiger partial charge in [0.2, 0.25) is 0 Å². The molecule has 1 aliphatic rings. The molecule has 0 saturated heterocycles. The Morgan fingerprint density at radius 2 is 2.04 bits per heavy atom. The van der Waals surface area contributed by atoms with Crippen molar-refractivity contribution < 1.29 is 5.11 Å². The number of anilines is 1. The molecular weight excluding hydrogens is 316 g/mol. The molecule has 3 aromatic rings. The molecule has 0 unspecified atom stereocenters. The fourth-order valence-corrected chi connectivity index (χ4v) is 3.13. The molecule has 7 nitrogen and oxygen atoms in total. The third kappa shape index (κ3) is 2.87. The van der Waals surface area contributed by atoms with Gasteiger partial charge in [-0.15, -0.1) is 0 Å². The van der Waals surface area contributed by atoms with Gasteiger partial charge < -0.3 is 10.4 Å². The molecular formula is C18H20N6O. The van der Waals surface area contributed by atoms with Crippen molar-refractivity contribution in [2.24, 2.45) is 0 Å². The van der Waals surface area contributed by atoms with E-state index < -0.39 is 6.10 Å². The number of aliphatic hydroxyl groups excluding tert-OH is 1. The lowest BCUT2D eigenvalue weighted by Crippen LogP contribution is -2.51. The van der Waals surface area contributed by atoms with E-state index in [0.29, 0.717) is 12.2 Å². The van der Waals surface area contributed by atoms with Crippen LogP contribution in [0.25, 0.3) is 11.5 Å². The van der Waals surface area contributed by atoms with E-state index in [1.54, 1.807) is 17.1 Å². The van der Waals surface area contributed by atoms with Gasteiger partial charge in [-0.25, -0.2) is 9.97 Å². The molecule has 0 radical (unpaired) electrons. The molecule has 2 N–H and O–H groups in total. The molecule has 7 heteroatoms. The summed E-state index contributed by atoms with van der Waals surface area (Å²) >= 11 is 0. The van der Waals surface area contributed by atoms with Crippen molar-refractivity contribution in [3.8, 4) is 11.5 Å². The van der Waals surface area contributed by atoms with Crippen molar-refractivity contribution >= 4 is 5.82 Å². The number of aliphatic hydroxyl groups is 1. The molecule has 4 rings (SSSR count). The molecule has 0 aliphatic heterocycles. The third-order valence-electron chi connectivity index (χ3n) is 4.74. The van der Waals surface area contributed by atoms with Crippen LogP contribution >= 0.6 is 0 Å². The highest BCUT2D eigenvalue weighted by atomic mass is 16.3. The summed E-state index contributed by atoms with van der Waals surface area (Å²) in [5, 5.41) is 17.9. The fourth-order valence-electron chi connectivity index (χ4n) is 3.13. The van der Waals surface area contributed by atoms with Gasteiger partial charge >= 0.3 is 0 Å². The van der Waals surface area contributed by atoms with Crippen LogP contribution in [0.3, 0.4) is 0 Å². The van der Waals surface area contributed by atoms with Crippen molar-refractivity contribution in [3.05, 3.63) is 54.1 Å². The summed E-state index contributed by atoms with van der Waals surface area (Å²) in [6.45, 7) is 3.97. The molecule has 128 valence electrons. The van der Waals surface area contributed by atoms with Crippen LogP contribution in [0.4, 0.5) is 5.82 Å². The van der Waals surface area contributed by atoms with Crippen molar-refractivity contribution in [1.29, 1.82) is 0 Å². The molecule has 3 atom stereocenters. The first-order chi connectivity index (χ1) is 12.1. The van der Waals surface area contributed by atoms with E-state index in [2.05, 4.69) is 25.4 Å². The van der Waals surface area contributed by atoms with Crippen molar-refractivity contribution in [1.82, 2.24) is 24.7 Å². The van der Waals surface area contributed by atoms with Gasteiger partial charge in [-0.3, -0.25) is 9.67 Å². The molecule has 1 saturated carbocycles. The molecule has 0 spiro atoms. The van der Waals surface area contributed by atoms with Crippen LogP contribution in [0, 0.1) is 13.8 Å². The van der Waals surface area contributed by atoms with Crippen molar-refractivity contribution in [3.63, 3.8) is 0 Å². The van der Waals surface area contributed by atoms with Gasteiger partial charge in [-0.2, -0.15) is 5.10 Å². The molecule has 1 fully saturated rings. The number of nitrogens with one attached hydrogen (secondary N) is 1. The lowest BCUT2D eigenvalue weighted by molar-refractivity contribution is 0.0133. The SMILES string of the molecule is Cc1nc(-c2ccccn2)nc(N[C@H]2C[C@@H](O)[C@@H]2n2cccn2)c1C. The highest BCUT2D eigenvalue weighted by Crippen LogP contribution is 2.35. The largest absolute Gasteiger partial charge is 0.391 e. The summed E-state index contributed by atoms with van der Waals surface area (Å²) < 4.78 is 1.80. The monoisotopic (exact) mass is 336 g/mol. The van der Waals surface area contributed by atoms with Crippen LogP contribution in [-0.2, 0) is 0 Å². The average Bonchev–Trinajstić information content (AvgIpc) is 3.12. The number of rotatable bonds is 4. The van der Waals surface area contributed by atoms with Crippen LogP contribution in [0.2, 0.25) is 0 Å². The smallest absolute Gasteiger partial charge is 0.180 e. The molecule has 0 bridgehead atoms. The molecule has 3 aromatic heterocycles. The third-order valence-corrected chi connectivity index (χ3v) is 4.74. The zero-order chi connectivity index (χ0) is 17.4. The van der Waals surface area contributed by atoms with E-state index >= 15 is 0 Å². The van der Waals surface area contributed by atoms with E-state index in [0.717, 1.165) is 22.8 Å². The maximum absolute atomic E-state index is 10.1. The van der Waals surface area contributed by atoms with Gasteiger partial charge in [-0.05, 0) is 38.5 Å². The Morgan fingerprint density at radius 1 is 1.16 bits per heavy atom. The fraction of sp³-hybridized carbons (Fsp3) is 0.333. The predicted molar refractivity (Wildman–Crippen MR) is 94.0 cm³/mol. The Balaban J connectivity index is 1.63. The van der Waals surface area contributed by atoms with Gasteiger partial charge in [0.05, 0.1) is 18.2 Å². The highest BCUT2D eigenvalue weighted by Gasteiger charge is 2.42. The van der Waals surface area contributed by atoms with Gasteiger partial charge in [0.1, 0.15) is 11.5 Å².